The zero-order chi connectivity index (χ0) is 18.6. The lowest BCUT2D eigenvalue weighted by Gasteiger charge is -2.38. The Morgan fingerprint density at radius 2 is 1.48 bits per heavy atom. The molecule has 2 saturated carbocycles. The van der Waals surface area contributed by atoms with E-state index in [0.717, 1.165) is 10.6 Å². The molecule has 0 aromatic rings. The van der Waals surface area contributed by atoms with Crippen molar-refractivity contribution in [3.8, 4) is 0 Å². The lowest BCUT2D eigenvalue weighted by Crippen LogP contribution is -2.38. The first-order valence-electron chi connectivity index (χ1n) is 10.9. The highest BCUT2D eigenvalue weighted by Crippen LogP contribution is 2.52. The first-order valence-corrected chi connectivity index (χ1v) is 19.2. The second kappa shape index (κ2) is 8.88. The molecular formula is C22H43Si3. The zero-order valence-electron chi connectivity index (χ0n) is 17.6. The van der Waals surface area contributed by atoms with Crippen molar-refractivity contribution in [3.63, 3.8) is 0 Å². The molecule has 0 unspecified atom stereocenters. The van der Waals surface area contributed by atoms with Crippen molar-refractivity contribution >= 4 is 24.9 Å². The molecule has 1 radical (unpaired) electrons. The Hall–Kier alpha value is 0.131. The van der Waals surface area contributed by atoms with E-state index in [2.05, 4.69) is 50.7 Å². The third-order valence-corrected chi connectivity index (χ3v) is 19.9. The van der Waals surface area contributed by atoms with Crippen molar-refractivity contribution in [3.05, 3.63) is 24.6 Å². The maximum Gasteiger partial charge on any atom is 0.100 e. The SMILES string of the molecule is C=C[Si](C=C)(CCC1([Si](C)C)CCCC1)CC[Si](C)(C)C1CCCC1. The predicted octanol–water partition coefficient (Wildman–Crippen LogP) is 8.00. The normalized spacial score (nSPS) is 21.8. The molecule has 2 aliphatic rings. The first-order chi connectivity index (χ1) is 11.8. The maximum atomic E-state index is 4.33. The van der Waals surface area contributed by atoms with Gasteiger partial charge in [0.2, 0.25) is 0 Å². The second-order valence-electron chi connectivity index (χ2n) is 10.1. The van der Waals surface area contributed by atoms with Crippen LogP contribution in [0.2, 0.25) is 54.9 Å². The summed E-state index contributed by atoms with van der Waals surface area (Å²) >= 11 is 0. The lowest BCUT2D eigenvalue weighted by atomic mass is 10.0. The minimum atomic E-state index is -1.49. The summed E-state index contributed by atoms with van der Waals surface area (Å²) in [6.45, 7) is 19.1. The molecule has 0 aromatic heterocycles. The van der Waals surface area contributed by atoms with Crippen LogP contribution in [0.4, 0.5) is 0 Å². The van der Waals surface area contributed by atoms with E-state index < -0.39 is 16.1 Å². The molecule has 2 rings (SSSR count). The molecule has 143 valence electrons. The zero-order valence-corrected chi connectivity index (χ0v) is 20.6. The van der Waals surface area contributed by atoms with Gasteiger partial charge in [-0.25, -0.2) is 0 Å². The van der Waals surface area contributed by atoms with Gasteiger partial charge < -0.3 is 0 Å². The molecule has 0 bridgehead atoms. The van der Waals surface area contributed by atoms with Gasteiger partial charge in [-0.05, 0) is 10.6 Å². The van der Waals surface area contributed by atoms with Crippen molar-refractivity contribution in [1.82, 2.24) is 0 Å². The van der Waals surface area contributed by atoms with Crippen LogP contribution in [0.3, 0.4) is 0 Å². The third-order valence-electron chi connectivity index (χ3n) is 8.20. The highest BCUT2D eigenvalue weighted by molar-refractivity contribution is 6.90. The van der Waals surface area contributed by atoms with E-state index in [1.54, 1.807) is 0 Å². The van der Waals surface area contributed by atoms with Gasteiger partial charge in [-0.3, -0.25) is 0 Å². The molecule has 25 heavy (non-hydrogen) atoms. The molecule has 0 nitrogen and oxygen atoms in total. The van der Waals surface area contributed by atoms with Crippen LogP contribution >= 0.6 is 0 Å². The molecule has 0 N–H and O–H groups in total. The quantitative estimate of drug-likeness (QED) is 0.331. The fraction of sp³-hybridized carbons (Fsp3) is 0.818. The Bertz CT molecular complexity index is 432. The Balaban J connectivity index is 1.99. The van der Waals surface area contributed by atoms with Crippen LogP contribution in [0.1, 0.15) is 57.8 Å². The van der Waals surface area contributed by atoms with Gasteiger partial charge in [-0.1, -0.05) is 114 Å². The van der Waals surface area contributed by atoms with E-state index >= 15 is 0 Å². The van der Waals surface area contributed by atoms with Crippen LogP contribution in [-0.2, 0) is 0 Å². The second-order valence-corrected chi connectivity index (χ2v) is 22.7. The van der Waals surface area contributed by atoms with Gasteiger partial charge in [0.25, 0.3) is 0 Å². The third kappa shape index (κ3) is 5.10. The van der Waals surface area contributed by atoms with Gasteiger partial charge in [0.15, 0.2) is 0 Å². The van der Waals surface area contributed by atoms with Crippen molar-refractivity contribution in [2.24, 2.45) is 0 Å². The molecule has 0 heterocycles. The van der Waals surface area contributed by atoms with E-state index in [1.807, 2.05) is 0 Å². The average molecular weight is 392 g/mol. The number of hydrogen-bond acceptors (Lipinski definition) is 0. The van der Waals surface area contributed by atoms with Gasteiger partial charge in [0, 0.05) is 8.80 Å². The Labute approximate surface area is 162 Å². The fourth-order valence-electron chi connectivity index (χ4n) is 5.61. The van der Waals surface area contributed by atoms with Crippen LogP contribution in [-0.4, -0.2) is 24.9 Å². The van der Waals surface area contributed by atoms with Crippen molar-refractivity contribution < 1.29 is 0 Å². The van der Waals surface area contributed by atoms with Gasteiger partial charge in [0.05, 0.1) is 8.07 Å². The standard InChI is InChI=1S/C22H43Si3/c1-7-25(8-2,18-17-22(23(3)4)15-11-12-16-22)20-19-24(5,6)21-13-9-10-14-21/h7-8,21H,1-2,9-20H2,3-6H3. The fourth-order valence-corrected chi connectivity index (χ4v) is 16.8. The van der Waals surface area contributed by atoms with Crippen molar-refractivity contribution in [2.45, 2.75) is 113 Å². The number of hydrogen-bond donors (Lipinski definition) is 0. The summed E-state index contributed by atoms with van der Waals surface area (Å²) in [5, 5.41) is 0.729. The van der Waals surface area contributed by atoms with E-state index in [-0.39, 0.29) is 8.80 Å². The minimum Gasteiger partial charge on any atom is -0.107 e. The first kappa shape index (κ1) is 21.4. The van der Waals surface area contributed by atoms with Crippen LogP contribution < -0.4 is 0 Å². The highest BCUT2D eigenvalue weighted by Gasteiger charge is 2.41. The lowest BCUT2D eigenvalue weighted by molar-refractivity contribution is 0.538. The maximum absolute atomic E-state index is 4.33. The van der Waals surface area contributed by atoms with Crippen LogP contribution in [0, 0.1) is 0 Å². The summed E-state index contributed by atoms with van der Waals surface area (Å²) in [5.74, 6) is 0. The Kier molecular flexibility index (Phi) is 7.61. The van der Waals surface area contributed by atoms with Gasteiger partial charge in [-0.15, -0.1) is 13.2 Å². The molecule has 0 aliphatic heterocycles. The summed E-state index contributed by atoms with van der Waals surface area (Å²) in [6.07, 6.45) is 13.5. The van der Waals surface area contributed by atoms with E-state index in [0.29, 0.717) is 0 Å². The van der Waals surface area contributed by atoms with Crippen LogP contribution in [0.15, 0.2) is 24.6 Å². The summed E-state index contributed by atoms with van der Waals surface area (Å²) < 4.78 is 0. The Morgan fingerprint density at radius 1 is 0.920 bits per heavy atom. The van der Waals surface area contributed by atoms with Gasteiger partial charge >= 0.3 is 0 Å². The summed E-state index contributed by atoms with van der Waals surface area (Å²) in [6, 6.07) is 4.40. The summed E-state index contributed by atoms with van der Waals surface area (Å²) in [4.78, 5) is 0. The van der Waals surface area contributed by atoms with Gasteiger partial charge in [-0.2, -0.15) is 0 Å². The van der Waals surface area contributed by atoms with Gasteiger partial charge in [0.1, 0.15) is 8.07 Å². The molecule has 0 amide bonds. The summed E-state index contributed by atoms with van der Waals surface area (Å²) in [5.41, 5.74) is 5.90. The van der Waals surface area contributed by atoms with Crippen LogP contribution in [0.25, 0.3) is 0 Å². The molecular weight excluding hydrogens is 349 g/mol. The molecule has 2 aliphatic carbocycles. The largest absolute Gasteiger partial charge is 0.107 e. The molecule has 0 aromatic carbocycles. The smallest absolute Gasteiger partial charge is 0.100 e. The number of rotatable bonds is 10. The van der Waals surface area contributed by atoms with E-state index in [4.69, 9.17) is 0 Å². The predicted molar refractivity (Wildman–Crippen MR) is 124 cm³/mol. The molecule has 2 fully saturated rings. The van der Waals surface area contributed by atoms with E-state index in [1.165, 1.54) is 75.9 Å². The minimum absolute atomic E-state index is 0.203. The molecule has 3 heteroatoms. The monoisotopic (exact) mass is 391 g/mol. The van der Waals surface area contributed by atoms with Crippen molar-refractivity contribution in [1.29, 1.82) is 0 Å². The molecule has 0 atom stereocenters. The molecule has 0 spiro atoms. The topological polar surface area (TPSA) is 0 Å². The molecule has 0 saturated heterocycles. The average Bonchev–Trinajstić information content (AvgIpc) is 3.28. The van der Waals surface area contributed by atoms with Crippen molar-refractivity contribution in [2.75, 3.05) is 0 Å². The highest BCUT2D eigenvalue weighted by atomic mass is 28.3. The van der Waals surface area contributed by atoms with E-state index in [9.17, 15) is 0 Å². The summed E-state index contributed by atoms with van der Waals surface area (Å²) in [7, 11) is -2.76. The van der Waals surface area contributed by atoms with Crippen LogP contribution in [0.5, 0.6) is 0 Å². The Morgan fingerprint density at radius 3 is 1.96 bits per heavy atom.